The van der Waals surface area contributed by atoms with Gasteiger partial charge in [-0.25, -0.2) is 4.39 Å². The highest BCUT2D eigenvalue weighted by molar-refractivity contribution is 6.00. The fraction of sp³-hybridized carbons (Fsp3) is 0.316. The summed E-state index contributed by atoms with van der Waals surface area (Å²) in [5, 5.41) is 0. The van der Waals surface area contributed by atoms with Crippen molar-refractivity contribution in [3.05, 3.63) is 69.0 Å². The summed E-state index contributed by atoms with van der Waals surface area (Å²) in [6.45, 7) is 10.2. The molecule has 0 spiro atoms. The van der Waals surface area contributed by atoms with Gasteiger partial charge in [-0.2, -0.15) is 0 Å². The lowest BCUT2D eigenvalue weighted by Crippen LogP contribution is -2.11. The van der Waals surface area contributed by atoms with Gasteiger partial charge in [-0.3, -0.25) is 4.79 Å². The van der Waals surface area contributed by atoms with E-state index in [1.807, 2.05) is 13.8 Å². The second-order valence-electron chi connectivity index (χ2n) is 5.73. The Labute approximate surface area is 125 Å². The zero-order valence-electron chi connectivity index (χ0n) is 13.3. The molecule has 0 bridgehead atoms. The molecule has 0 saturated carbocycles. The van der Waals surface area contributed by atoms with Gasteiger partial charge in [0.1, 0.15) is 5.82 Å². The number of hydrogen-bond acceptors (Lipinski definition) is 1. The van der Waals surface area contributed by atoms with Crippen LogP contribution in [-0.4, -0.2) is 5.78 Å². The monoisotopic (exact) mass is 284 g/mol. The van der Waals surface area contributed by atoms with Crippen LogP contribution in [0.2, 0.25) is 0 Å². The second kappa shape index (κ2) is 5.80. The van der Waals surface area contributed by atoms with E-state index in [0.717, 1.165) is 22.3 Å². The van der Waals surface area contributed by atoms with Crippen LogP contribution >= 0.6 is 0 Å². The molecule has 21 heavy (non-hydrogen) atoms. The highest BCUT2D eigenvalue weighted by atomic mass is 19.1. The summed E-state index contributed by atoms with van der Waals surface area (Å²) >= 11 is 0. The van der Waals surface area contributed by atoms with E-state index in [0.29, 0.717) is 6.42 Å². The summed E-state index contributed by atoms with van der Waals surface area (Å²) in [6, 6.07) is 6.14. The van der Waals surface area contributed by atoms with Crippen LogP contribution in [0.3, 0.4) is 0 Å². The Morgan fingerprint density at radius 1 is 0.810 bits per heavy atom. The average molecular weight is 284 g/mol. The van der Waals surface area contributed by atoms with Gasteiger partial charge in [-0.1, -0.05) is 12.1 Å². The van der Waals surface area contributed by atoms with Crippen molar-refractivity contribution >= 4 is 5.78 Å². The number of carbonyl (C=O) groups excluding carboxylic acids is 1. The number of carbonyl (C=O) groups is 1. The summed E-state index contributed by atoms with van der Waals surface area (Å²) in [6.07, 6.45) is 0.309. The third-order valence-electron chi connectivity index (χ3n) is 4.56. The molecule has 2 rings (SSSR count). The van der Waals surface area contributed by atoms with E-state index in [1.165, 1.54) is 28.8 Å². The maximum absolute atomic E-state index is 12.9. The summed E-state index contributed by atoms with van der Waals surface area (Å²) < 4.78 is 12.9. The highest BCUT2D eigenvalue weighted by Crippen LogP contribution is 2.27. The van der Waals surface area contributed by atoms with Crippen LogP contribution in [-0.2, 0) is 6.42 Å². The molecule has 0 N–H and O–H groups in total. The molecule has 0 heterocycles. The van der Waals surface area contributed by atoms with Crippen molar-refractivity contribution in [1.29, 1.82) is 0 Å². The molecule has 0 amide bonds. The lowest BCUT2D eigenvalue weighted by molar-refractivity contribution is 0.0991. The minimum Gasteiger partial charge on any atom is -0.294 e. The minimum atomic E-state index is -0.277. The van der Waals surface area contributed by atoms with E-state index in [-0.39, 0.29) is 11.6 Å². The molecule has 110 valence electrons. The molecule has 1 nitrogen and oxygen atoms in total. The van der Waals surface area contributed by atoms with Gasteiger partial charge in [0, 0.05) is 12.0 Å². The first kappa shape index (κ1) is 15.4. The molecule has 2 aromatic carbocycles. The molecule has 0 aliphatic heterocycles. The molecule has 0 atom stereocenters. The van der Waals surface area contributed by atoms with Gasteiger partial charge < -0.3 is 0 Å². The third kappa shape index (κ3) is 2.90. The van der Waals surface area contributed by atoms with Crippen LogP contribution in [0.15, 0.2) is 24.3 Å². The lowest BCUT2D eigenvalue weighted by atomic mass is 9.86. The fourth-order valence-corrected chi connectivity index (χ4v) is 2.79. The molecule has 0 fully saturated rings. The van der Waals surface area contributed by atoms with Crippen LogP contribution in [0.5, 0.6) is 0 Å². The van der Waals surface area contributed by atoms with Crippen molar-refractivity contribution in [2.24, 2.45) is 0 Å². The lowest BCUT2D eigenvalue weighted by Gasteiger charge is -2.17. The maximum atomic E-state index is 12.9. The van der Waals surface area contributed by atoms with E-state index in [2.05, 4.69) is 20.8 Å². The number of ketones is 1. The van der Waals surface area contributed by atoms with Gasteiger partial charge in [0.05, 0.1) is 0 Å². The van der Waals surface area contributed by atoms with E-state index >= 15 is 0 Å². The number of hydrogen-bond donors (Lipinski definition) is 0. The Morgan fingerprint density at radius 2 is 1.24 bits per heavy atom. The minimum absolute atomic E-state index is 0.0998. The van der Waals surface area contributed by atoms with Gasteiger partial charge in [0.2, 0.25) is 0 Å². The molecule has 0 aliphatic rings. The van der Waals surface area contributed by atoms with Gasteiger partial charge >= 0.3 is 0 Å². The van der Waals surface area contributed by atoms with Crippen molar-refractivity contribution in [1.82, 2.24) is 0 Å². The first-order valence-corrected chi connectivity index (χ1v) is 7.17. The molecule has 0 aliphatic carbocycles. The molecule has 2 heteroatoms. The van der Waals surface area contributed by atoms with E-state index in [9.17, 15) is 9.18 Å². The maximum Gasteiger partial charge on any atom is 0.167 e. The molecule has 0 radical (unpaired) electrons. The zero-order valence-corrected chi connectivity index (χ0v) is 13.3. The first-order chi connectivity index (χ1) is 9.82. The topological polar surface area (TPSA) is 17.1 Å². The Hall–Kier alpha value is -1.96. The van der Waals surface area contributed by atoms with E-state index in [4.69, 9.17) is 0 Å². The molecule has 0 aromatic heterocycles. The summed E-state index contributed by atoms with van der Waals surface area (Å²) in [7, 11) is 0. The number of Topliss-reactive ketones (excluding diaryl/α,β-unsaturated/α-hetero) is 1. The number of rotatable bonds is 3. The van der Waals surface area contributed by atoms with Crippen LogP contribution in [0.4, 0.5) is 4.39 Å². The predicted octanol–water partition coefficient (Wildman–Crippen LogP) is 4.79. The molecular formula is C19H21FO. The normalized spacial score (nSPS) is 10.8. The molecule has 0 saturated heterocycles. The zero-order chi connectivity index (χ0) is 15.7. The summed E-state index contributed by atoms with van der Waals surface area (Å²) in [5.41, 5.74) is 7.39. The predicted molar refractivity (Wildman–Crippen MR) is 84.6 cm³/mol. The largest absolute Gasteiger partial charge is 0.294 e. The molecular weight excluding hydrogens is 263 g/mol. The Kier molecular flexibility index (Phi) is 4.26. The van der Waals surface area contributed by atoms with Crippen LogP contribution in [0.1, 0.15) is 43.7 Å². The van der Waals surface area contributed by atoms with Crippen LogP contribution in [0, 0.1) is 40.4 Å². The third-order valence-corrected chi connectivity index (χ3v) is 4.56. The summed E-state index contributed by atoms with van der Waals surface area (Å²) in [4.78, 5) is 12.7. The van der Waals surface area contributed by atoms with Crippen molar-refractivity contribution in [2.75, 3.05) is 0 Å². The SMILES string of the molecule is Cc1c(C)c(C)c(C(=O)Cc2ccc(F)cc2)c(C)c1C. The van der Waals surface area contributed by atoms with Crippen molar-refractivity contribution in [2.45, 2.75) is 41.0 Å². The number of benzene rings is 2. The van der Waals surface area contributed by atoms with Gasteiger partial charge in [0.15, 0.2) is 5.78 Å². The standard InChI is InChI=1S/C19H21FO/c1-11-12(2)14(4)19(15(5)13(11)3)18(21)10-16-6-8-17(20)9-7-16/h6-9H,10H2,1-5H3. The highest BCUT2D eigenvalue weighted by Gasteiger charge is 2.18. The van der Waals surface area contributed by atoms with Crippen molar-refractivity contribution in [3.8, 4) is 0 Å². The van der Waals surface area contributed by atoms with E-state index < -0.39 is 0 Å². The fourth-order valence-electron chi connectivity index (χ4n) is 2.79. The smallest absolute Gasteiger partial charge is 0.167 e. The summed E-state index contributed by atoms with van der Waals surface area (Å²) in [5.74, 6) is -0.177. The van der Waals surface area contributed by atoms with E-state index in [1.54, 1.807) is 12.1 Å². The van der Waals surface area contributed by atoms with Crippen LogP contribution < -0.4 is 0 Å². The Bertz CT molecular complexity index is 667. The number of halogens is 1. The van der Waals surface area contributed by atoms with Crippen molar-refractivity contribution < 1.29 is 9.18 Å². The Balaban J connectivity index is 2.42. The molecule has 0 unspecified atom stereocenters. The van der Waals surface area contributed by atoms with Gasteiger partial charge in [-0.05, 0) is 80.1 Å². The second-order valence-corrected chi connectivity index (χ2v) is 5.73. The quantitative estimate of drug-likeness (QED) is 0.740. The van der Waals surface area contributed by atoms with Crippen LogP contribution in [0.25, 0.3) is 0 Å². The van der Waals surface area contributed by atoms with Gasteiger partial charge in [-0.15, -0.1) is 0 Å². The Morgan fingerprint density at radius 3 is 1.71 bits per heavy atom. The molecule has 2 aromatic rings. The van der Waals surface area contributed by atoms with Gasteiger partial charge in [0.25, 0.3) is 0 Å². The first-order valence-electron chi connectivity index (χ1n) is 7.17. The average Bonchev–Trinajstić information content (AvgIpc) is 2.46. The van der Waals surface area contributed by atoms with Crippen molar-refractivity contribution in [3.63, 3.8) is 0 Å².